The number of fused-ring (bicyclic) bond motifs is 1. The first-order valence-corrected chi connectivity index (χ1v) is 7.63. The molecule has 4 rings (SSSR count). The van der Waals surface area contributed by atoms with E-state index in [4.69, 9.17) is 0 Å². The van der Waals surface area contributed by atoms with E-state index < -0.39 is 0 Å². The van der Waals surface area contributed by atoms with Gasteiger partial charge in [0.1, 0.15) is 5.78 Å². The second kappa shape index (κ2) is 4.29. The molecule has 3 heteroatoms. The van der Waals surface area contributed by atoms with Gasteiger partial charge < -0.3 is 5.32 Å². The van der Waals surface area contributed by atoms with Crippen LogP contribution in [-0.4, -0.2) is 42.9 Å². The van der Waals surface area contributed by atoms with E-state index in [1.54, 1.807) is 5.57 Å². The van der Waals surface area contributed by atoms with Crippen LogP contribution in [0.2, 0.25) is 0 Å². The Labute approximate surface area is 114 Å². The molecule has 2 aliphatic carbocycles. The molecule has 0 aromatic rings. The van der Waals surface area contributed by atoms with Crippen LogP contribution >= 0.6 is 0 Å². The van der Waals surface area contributed by atoms with E-state index in [-0.39, 0.29) is 0 Å². The number of allylic oxidation sites excluding steroid dienone is 1. The number of carbonyl (C=O) groups is 1. The van der Waals surface area contributed by atoms with E-state index in [0.717, 1.165) is 38.3 Å². The number of likely N-dealkylation sites (tertiary alicyclic amines) is 1. The van der Waals surface area contributed by atoms with Gasteiger partial charge in [0.25, 0.3) is 0 Å². The van der Waals surface area contributed by atoms with Crippen molar-refractivity contribution in [3.05, 3.63) is 23.8 Å². The molecular weight excluding hydrogens is 236 g/mol. The molecule has 2 aliphatic heterocycles. The highest BCUT2D eigenvalue weighted by molar-refractivity contribution is 5.79. The molecule has 3 atom stereocenters. The summed E-state index contributed by atoms with van der Waals surface area (Å²) in [6.45, 7) is 4.29. The summed E-state index contributed by atoms with van der Waals surface area (Å²) in [6.07, 6.45) is 11.2. The van der Waals surface area contributed by atoms with Crippen LogP contribution in [0.15, 0.2) is 23.8 Å². The molecule has 3 fully saturated rings. The Morgan fingerprint density at radius 2 is 2.16 bits per heavy atom. The number of carbonyl (C=O) groups excluding carboxylic acids is 1. The predicted molar refractivity (Wildman–Crippen MR) is 74.9 cm³/mol. The Kier molecular flexibility index (Phi) is 2.68. The summed E-state index contributed by atoms with van der Waals surface area (Å²) in [5, 5.41) is 3.52. The summed E-state index contributed by atoms with van der Waals surface area (Å²) < 4.78 is 0. The van der Waals surface area contributed by atoms with Crippen molar-refractivity contribution in [3.63, 3.8) is 0 Å². The lowest BCUT2D eigenvalue weighted by Crippen LogP contribution is -2.41. The Balaban J connectivity index is 1.41. The van der Waals surface area contributed by atoms with E-state index in [1.165, 1.54) is 19.5 Å². The molecule has 1 saturated carbocycles. The van der Waals surface area contributed by atoms with E-state index in [2.05, 4.69) is 28.4 Å². The molecule has 0 aromatic heterocycles. The average molecular weight is 258 g/mol. The quantitative estimate of drug-likeness (QED) is 0.815. The van der Waals surface area contributed by atoms with Crippen molar-refractivity contribution >= 4 is 5.78 Å². The van der Waals surface area contributed by atoms with E-state index in [1.807, 2.05) is 0 Å². The summed E-state index contributed by atoms with van der Waals surface area (Å²) in [7, 11) is 0. The molecule has 0 bridgehead atoms. The molecule has 0 amide bonds. The summed E-state index contributed by atoms with van der Waals surface area (Å²) in [5.41, 5.74) is 2.08. The smallest absolute Gasteiger partial charge is 0.135 e. The third-order valence-electron chi connectivity index (χ3n) is 5.54. The molecule has 2 saturated heterocycles. The zero-order valence-electron chi connectivity index (χ0n) is 11.4. The molecule has 19 heavy (non-hydrogen) atoms. The predicted octanol–water partition coefficient (Wildman–Crippen LogP) is 1.52. The van der Waals surface area contributed by atoms with Gasteiger partial charge in [-0.15, -0.1) is 0 Å². The van der Waals surface area contributed by atoms with Crippen LogP contribution in [0.1, 0.15) is 25.7 Å². The first-order valence-electron chi connectivity index (χ1n) is 7.63. The van der Waals surface area contributed by atoms with Gasteiger partial charge >= 0.3 is 0 Å². The molecule has 0 radical (unpaired) electrons. The fourth-order valence-corrected chi connectivity index (χ4v) is 4.14. The minimum atomic E-state index is 0.434. The van der Waals surface area contributed by atoms with Crippen LogP contribution in [-0.2, 0) is 4.79 Å². The third-order valence-corrected chi connectivity index (χ3v) is 5.54. The standard InChI is InChI=1S/C16H22N2O/c19-15-5-7-18(8-6-15)14-3-1-12(2-4-14)16-9-13(16)10-17-11-16/h1-3,13-14,17H,4-11H2. The number of ketones is 1. The maximum Gasteiger partial charge on any atom is 0.135 e. The summed E-state index contributed by atoms with van der Waals surface area (Å²) in [4.78, 5) is 13.8. The van der Waals surface area contributed by atoms with Crippen molar-refractivity contribution in [2.75, 3.05) is 26.2 Å². The van der Waals surface area contributed by atoms with E-state index in [9.17, 15) is 4.79 Å². The summed E-state index contributed by atoms with van der Waals surface area (Å²) in [5.74, 6) is 1.33. The molecule has 2 heterocycles. The Hall–Kier alpha value is -0.930. The fraction of sp³-hybridized carbons (Fsp3) is 0.688. The van der Waals surface area contributed by atoms with Crippen LogP contribution in [0, 0.1) is 11.3 Å². The maximum atomic E-state index is 11.3. The number of hydrogen-bond donors (Lipinski definition) is 1. The van der Waals surface area contributed by atoms with Crippen LogP contribution in [0.25, 0.3) is 0 Å². The van der Waals surface area contributed by atoms with Gasteiger partial charge in [-0.2, -0.15) is 0 Å². The molecule has 0 spiro atoms. The molecule has 0 aromatic carbocycles. The second-order valence-electron chi connectivity index (χ2n) is 6.58. The summed E-state index contributed by atoms with van der Waals surface area (Å²) >= 11 is 0. The van der Waals surface area contributed by atoms with Crippen molar-refractivity contribution in [1.82, 2.24) is 10.2 Å². The van der Waals surface area contributed by atoms with Crippen molar-refractivity contribution in [2.24, 2.45) is 11.3 Å². The number of rotatable bonds is 2. The topological polar surface area (TPSA) is 32.3 Å². The maximum absolute atomic E-state index is 11.3. The monoisotopic (exact) mass is 258 g/mol. The average Bonchev–Trinajstić information content (AvgIpc) is 3.02. The number of hydrogen-bond acceptors (Lipinski definition) is 3. The van der Waals surface area contributed by atoms with Gasteiger partial charge in [0, 0.05) is 43.9 Å². The molecule has 1 N–H and O–H groups in total. The van der Waals surface area contributed by atoms with Crippen LogP contribution in [0.5, 0.6) is 0 Å². The lowest BCUT2D eigenvalue weighted by Gasteiger charge is -2.33. The lowest BCUT2D eigenvalue weighted by molar-refractivity contribution is -0.121. The highest BCUT2D eigenvalue weighted by Crippen LogP contribution is 2.60. The normalized spacial score (nSPS) is 42.1. The summed E-state index contributed by atoms with van der Waals surface area (Å²) in [6, 6.07) is 0.528. The van der Waals surface area contributed by atoms with Gasteiger partial charge in [-0.1, -0.05) is 18.2 Å². The number of piperidine rings is 2. The number of nitrogens with one attached hydrogen (secondary N) is 1. The van der Waals surface area contributed by atoms with Crippen LogP contribution in [0.3, 0.4) is 0 Å². The Morgan fingerprint density at radius 1 is 1.32 bits per heavy atom. The molecule has 3 nitrogen and oxygen atoms in total. The van der Waals surface area contributed by atoms with E-state index >= 15 is 0 Å². The first-order chi connectivity index (χ1) is 9.28. The largest absolute Gasteiger partial charge is 0.316 e. The first kappa shape index (κ1) is 11.9. The lowest BCUT2D eigenvalue weighted by atomic mass is 9.88. The number of nitrogens with zero attached hydrogens (tertiary/aromatic N) is 1. The Morgan fingerprint density at radius 3 is 2.74 bits per heavy atom. The fourth-order valence-electron chi connectivity index (χ4n) is 4.14. The van der Waals surface area contributed by atoms with Crippen molar-refractivity contribution < 1.29 is 4.79 Å². The van der Waals surface area contributed by atoms with Crippen molar-refractivity contribution in [1.29, 1.82) is 0 Å². The zero-order chi connectivity index (χ0) is 12.9. The number of Topliss-reactive ketones (excluding diaryl/α,β-unsaturated/α-hetero) is 1. The minimum absolute atomic E-state index is 0.434. The molecule has 3 unspecified atom stereocenters. The van der Waals surface area contributed by atoms with Crippen LogP contribution < -0.4 is 5.32 Å². The highest BCUT2D eigenvalue weighted by Gasteiger charge is 2.58. The van der Waals surface area contributed by atoms with Gasteiger partial charge in [0.15, 0.2) is 0 Å². The molecular formula is C16H22N2O. The van der Waals surface area contributed by atoms with Crippen molar-refractivity contribution in [2.45, 2.75) is 31.7 Å². The SMILES string of the molecule is O=C1CCN(C2C=CC(C34CNCC3C4)=CC2)CC1. The molecule has 102 valence electrons. The van der Waals surface area contributed by atoms with Gasteiger partial charge in [-0.3, -0.25) is 9.69 Å². The van der Waals surface area contributed by atoms with Gasteiger partial charge in [-0.05, 0) is 30.9 Å². The molecule has 4 aliphatic rings. The Bertz CT molecular complexity index is 457. The van der Waals surface area contributed by atoms with E-state index in [0.29, 0.717) is 17.2 Å². The zero-order valence-corrected chi connectivity index (χ0v) is 11.4. The second-order valence-corrected chi connectivity index (χ2v) is 6.58. The van der Waals surface area contributed by atoms with Crippen molar-refractivity contribution in [3.8, 4) is 0 Å². The van der Waals surface area contributed by atoms with Gasteiger partial charge in [-0.25, -0.2) is 0 Å². The van der Waals surface area contributed by atoms with Gasteiger partial charge in [0.2, 0.25) is 0 Å². The highest BCUT2D eigenvalue weighted by atomic mass is 16.1. The minimum Gasteiger partial charge on any atom is -0.316 e. The third kappa shape index (κ3) is 1.91. The van der Waals surface area contributed by atoms with Crippen LogP contribution in [0.4, 0.5) is 0 Å². The van der Waals surface area contributed by atoms with Gasteiger partial charge in [0.05, 0.1) is 0 Å².